The van der Waals surface area contributed by atoms with E-state index >= 15 is 0 Å². The smallest absolute Gasteiger partial charge is 0.326 e. The lowest BCUT2D eigenvalue weighted by Gasteiger charge is -2.51. The maximum atomic E-state index is 11.4. The minimum absolute atomic E-state index is 0.0644. The summed E-state index contributed by atoms with van der Waals surface area (Å²) in [6, 6.07) is -0.829. The largest absolute Gasteiger partial charge is 0.480 e. The molecule has 0 unspecified atom stereocenters. The summed E-state index contributed by atoms with van der Waals surface area (Å²) in [6.07, 6.45) is 1.95. The Kier molecular flexibility index (Phi) is 4.71. The Bertz CT molecular complexity index is 389. The van der Waals surface area contributed by atoms with Crippen molar-refractivity contribution in [2.24, 2.45) is 17.3 Å². The van der Waals surface area contributed by atoms with Crippen LogP contribution in [0.2, 0.25) is 0 Å². The molecule has 0 spiro atoms. The van der Waals surface area contributed by atoms with Gasteiger partial charge in [0.2, 0.25) is 5.91 Å². The van der Waals surface area contributed by atoms with Gasteiger partial charge in [0.25, 0.3) is 0 Å². The van der Waals surface area contributed by atoms with Gasteiger partial charge in [0.1, 0.15) is 11.8 Å². The van der Waals surface area contributed by atoms with Gasteiger partial charge in [-0.2, -0.15) is 0 Å². The highest BCUT2D eigenvalue weighted by Crippen LogP contribution is 2.53. The predicted octanol–water partition coefficient (Wildman–Crippen LogP) is 1.61. The van der Waals surface area contributed by atoms with Crippen molar-refractivity contribution in [2.45, 2.75) is 53.0 Å². The fourth-order valence-electron chi connectivity index (χ4n) is 3.07. The van der Waals surface area contributed by atoms with E-state index in [2.05, 4.69) is 19.2 Å². The number of nitrogens with one attached hydrogen (secondary N) is 1. The lowest BCUT2D eigenvalue weighted by molar-refractivity contribution is -0.143. The summed E-state index contributed by atoms with van der Waals surface area (Å²) >= 11 is 0. The average Bonchev–Trinajstić information content (AvgIpc) is 2.24. The monoisotopic (exact) mass is 269 g/mol. The van der Waals surface area contributed by atoms with E-state index in [1.54, 1.807) is 6.92 Å². The SMILES string of the molecule is CC(=O)N[C@H](CC[C@H]1C[C@@H](C(C)=O)C1(C)C)C(=O)O. The van der Waals surface area contributed by atoms with Crippen molar-refractivity contribution in [2.75, 3.05) is 0 Å². The van der Waals surface area contributed by atoms with Crippen LogP contribution in [0.4, 0.5) is 0 Å². The van der Waals surface area contributed by atoms with Crippen LogP contribution in [-0.4, -0.2) is 28.8 Å². The number of carboxylic acids is 1. The van der Waals surface area contributed by atoms with Gasteiger partial charge >= 0.3 is 5.97 Å². The summed E-state index contributed by atoms with van der Waals surface area (Å²) in [5.41, 5.74) is -0.0644. The molecule has 0 aliphatic heterocycles. The molecule has 0 bridgehead atoms. The first kappa shape index (κ1) is 15.7. The first-order valence-electron chi connectivity index (χ1n) is 6.66. The van der Waals surface area contributed by atoms with Crippen molar-refractivity contribution >= 4 is 17.7 Å². The zero-order chi connectivity index (χ0) is 14.8. The third-order valence-electron chi connectivity index (χ3n) is 4.44. The maximum absolute atomic E-state index is 11.4. The Hall–Kier alpha value is -1.39. The number of carbonyl (C=O) groups is 3. The van der Waals surface area contributed by atoms with Crippen LogP contribution in [-0.2, 0) is 14.4 Å². The zero-order valence-corrected chi connectivity index (χ0v) is 12.0. The van der Waals surface area contributed by atoms with Crippen molar-refractivity contribution in [3.8, 4) is 0 Å². The van der Waals surface area contributed by atoms with Crippen LogP contribution in [0.25, 0.3) is 0 Å². The molecule has 1 saturated carbocycles. The standard InChI is InChI=1S/C14H23NO4/c1-8(16)11-7-10(14(11,3)4)5-6-12(13(18)19)15-9(2)17/h10-12H,5-7H2,1-4H3,(H,15,17)(H,18,19)/t10-,11-,12+/m0/s1. The Morgan fingerprint density at radius 2 is 1.89 bits per heavy atom. The fraction of sp³-hybridized carbons (Fsp3) is 0.786. The molecule has 0 heterocycles. The molecule has 1 aliphatic carbocycles. The molecule has 2 N–H and O–H groups in total. The molecule has 5 heteroatoms. The molecular formula is C14H23NO4. The van der Waals surface area contributed by atoms with E-state index in [4.69, 9.17) is 5.11 Å². The lowest BCUT2D eigenvalue weighted by atomic mass is 9.52. The van der Waals surface area contributed by atoms with E-state index in [1.807, 2.05) is 0 Å². The molecule has 1 fully saturated rings. The van der Waals surface area contributed by atoms with E-state index in [0.29, 0.717) is 18.8 Å². The van der Waals surface area contributed by atoms with Crippen LogP contribution in [0.5, 0.6) is 0 Å². The first-order valence-corrected chi connectivity index (χ1v) is 6.66. The Balaban J connectivity index is 2.51. The van der Waals surface area contributed by atoms with E-state index in [9.17, 15) is 14.4 Å². The van der Waals surface area contributed by atoms with Gasteiger partial charge < -0.3 is 10.4 Å². The van der Waals surface area contributed by atoms with E-state index < -0.39 is 12.0 Å². The van der Waals surface area contributed by atoms with Gasteiger partial charge in [-0.25, -0.2) is 4.79 Å². The molecule has 19 heavy (non-hydrogen) atoms. The Morgan fingerprint density at radius 3 is 2.26 bits per heavy atom. The van der Waals surface area contributed by atoms with Crippen molar-refractivity contribution in [1.29, 1.82) is 0 Å². The predicted molar refractivity (Wildman–Crippen MR) is 70.5 cm³/mol. The highest BCUT2D eigenvalue weighted by Gasteiger charge is 2.49. The van der Waals surface area contributed by atoms with Crippen LogP contribution in [0, 0.1) is 17.3 Å². The average molecular weight is 269 g/mol. The van der Waals surface area contributed by atoms with Crippen LogP contribution in [0.3, 0.4) is 0 Å². The molecule has 0 aromatic heterocycles. The summed E-state index contributed by atoms with van der Waals surface area (Å²) in [5, 5.41) is 11.5. The minimum Gasteiger partial charge on any atom is -0.480 e. The quantitative estimate of drug-likeness (QED) is 0.767. The maximum Gasteiger partial charge on any atom is 0.326 e. The topological polar surface area (TPSA) is 83.5 Å². The number of amides is 1. The summed E-state index contributed by atoms with van der Waals surface area (Å²) < 4.78 is 0. The number of carboxylic acid groups (broad SMARTS) is 1. The van der Waals surface area contributed by atoms with Gasteiger partial charge in [0.15, 0.2) is 0 Å². The molecule has 1 rings (SSSR count). The molecule has 0 aromatic carbocycles. The number of hydrogen-bond acceptors (Lipinski definition) is 3. The second-order valence-electron chi connectivity index (χ2n) is 6.09. The summed E-state index contributed by atoms with van der Waals surface area (Å²) in [6.45, 7) is 7.04. The van der Waals surface area contributed by atoms with Crippen LogP contribution in [0.1, 0.15) is 47.0 Å². The molecule has 1 amide bonds. The van der Waals surface area contributed by atoms with Crippen LogP contribution in [0.15, 0.2) is 0 Å². The van der Waals surface area contributed by atoms with Gasteiger partial charge in [0, 0.05) is 12.8 Å². The van der Waals surface area contributed by atoms with Gasteiger partial charge in [-0.05, 0) is 37.5 Å². The Labute approximate surface area is 113 Å². The normalized spacial score (nSPS) is 26.1. The van der Waals surface area contributed by atoms with Crippen molar-refractivity contribution in [3.63, 3.8) is 0 Å². The molecule has 0 aromatic rings. The second-order valence-corrected chi connectivity index (χ2v) is 6.09. The highest BCUT2D eigenvalue weighted by atomic mass is 16.4. The van der Waals surface area contributed by atoms with Crippen molar-refractivity contribution in [3.05, 3.63) is 0 Å². The lowest BCUT2D eigenvalue weighted by Crippen LogP contribution is -2.49. The van der Waals surface area contributed by atoms with E-state index in [1.165, 1.54) is 6.92 Å². The van der Waals surface area contributed by atoms with Gasteiger partial charge in [-0.1, -0.05) is 13.8 Å². The molecule has 0 radical (unpaired) electrons. The number of carbonyl (C=O) groups excluding carboxylic acids is 2. The number of aliphatic carboxylic acids is 1. The number of ketones is 1. The summed E-state index contributed by atoms with van der Waals surface area (Å²) in [5.74, 6) is -0.700. The van der Waals surface area contributed by atoms with Crippen molar-refractivity contribution < 1.29 is 19.5 Å². The third-order valence-corrected chi connectivity index (χ3v) is 4.44. The minimum atomic E-state index is -1.00. The van der Waals surface area contributed by atoms with Gasteiger partial charge in [0.05, 0.1) is 0 Å². The van der Waals surface area contributed by atoms with Crippen LogP contribution >= 0.6 is 0 Å². The summed E-state index contributed by atoms with van der Waals surface area (Å²) in [7, 11) is 0. The fourth-order valence-corrected chi connectivity index (χ4v) is 3.07. The highest BCUT2D eigenvalue weighted by molar-refractivity contribution is 5.82. The number of hydrogen-bond donors (Lipinski definition) is 2. The second kappa shape index (κ2) is 5.72. The molecular weight excluding hydrogens is 246 g/mol. The van der Waals surface area contributed by atoms with Gasteiger partial charge in [-0.15, -0.1) is 0 Å². The molecule has 108 valence electrons. The van der Waals surface area contributed by atoms with Crippen LogP contribution < -0.4 is 5.32 Å². The molecule has 1 aliphatic rings. The molecule has 3 atom stereocenters. The van der Waals surface area contributed by atoms with Gasteiger partial charge in [-0.3, -0.25) is 9.59 Å². The van der Waals surface area contributed by atoms with E-state index in [0.717, 1.165) is 6.42 Å². The van der Waals surface area contributed by atoms with E-state index in [-0.39, 0.29) is 23.0 Å². The summed E-state index contributed by atoms with van der Waals surface area (Å²) in [4.78, 5) is 33.4. The first-order chi connectivity index (χ1) is 8.66. The molecule has 5 nitrogen and oxygen atoms in total. The Morgan fingerprint density at radius 1 is 1.32 bits per heavy atom. The number of rotatable bonds is 6. The molecule has 0 saturated heterocycles. The van der Waals surface area contributed by atoms with Crippen molar-refractivity contribution in [1.82, 2.24) is 5.32 Å². The number of Topliss-reactive ketones (excluding diaryl/α,β-unsaturated/α-hetero) is 1. The zero-order valence-electron chi connectivity index (χ0n) is 12.0. The third kappa shape index (κ3) is 3.55.